The second-order valence-corrected chi connectivity index (χ2v) is 28.9. The Labute approximate surface area is 530 Å². The van der Waals surface area contributed by atoms with E-state index in [-0.39, 0.29) is 25.7 Å². The number of carbonyl (C=O) groups is 4. The fourth-order valence-electron chi connectivity index (χ4n) is 10.2. The molecule has 0 aliphatic heterocycles. The summed E-state index contributed by atoms with van der Waals surface area (Å²) in [5, 5.41) is 10.5. The van der Waals surface area contributed by atoms with Gasteiger partial charge in [0.2, 0.25) is 0 Å². The summed E-state index contributed by atoms with van der Waals surface area (Å²) in [6, 6.07) is 0. The van der Waals surface area contributed by atoms with E-state index in [4.69, 9.17) is 37.0 Å². The first kappa shape index (κ1) is 85.1. The van der Waals surface area contributed by atoms with E-state index in [0.29, 0.717) is 31.6 Å². The zero-order chi connectivity index (χ0) is 64.5. The molecule has 0 aromatic rings. The van der Waals surface area contributed by atoms with Gasteiger partial charge >= 0.3 is 39.5 Å². The number of aliphatic hydroxyl groups excluding tert-OH is 1. The number of aliphatic hydroxyl groups is 1. The van der Waals surface area contributed by atoms with Crippen molar-refractivity contribution in [2.24, 2.45) is 17.8 Å². The predicted molar refractivity (Wildman–Crippen MR) is 349 cm³/mol. The minimum absolute atomic E-state index is 0.102. The number of esters is 4. The molecule has 17 nitrogen and oxygen atoms in total. The largest absolute Gasteiger partial charge is 0.472 e. The SMILES string of the molecule is CCCCCCCC(=O)OC[C@H](COP(=O)(O)OC[C@H](O)COP(=O)(O)OC[C@@H](COC(=O)CCCCCCCCCCCCCC(C)C)OC(=O)CCCCCCCCCCCCCCCCCC(C)C)OC(=O)CCCCCCCCCC(C)C. The maximum atomic E-state index is 13.0. The first-order chi connectivity index (χ1) is 41.7. The van der Waals surface area contributed by atoms with Gasteiger partial charge in [-0.1, -0.05) is 286 Å². The molecule has 87 heavy (non-hydrogen) atoms. The lowest BCUT2D eigenvalue weighted by Gasteiger charge is -2.21. The van der Waals surface area contributed by atoms with Crippen molar-refractivity contribution < 1.29 is 80.2 Å². The van der Waals surface area contributed by atoms with Gasteiger partial charge in [0, 0.05) is 25.7 Å². The van der Waals surface area contributed by atoms with Gasteiger partial charge in [0.05, 0.1) is 26.4 Å². The van der Waals surface area contributed by atoms with Crippen LogP contribution in [0.15, 0.2) is 0 Å². The summed E-state index contributed by atoms with van der Waals surface area (Å²) in [4.78, 5) is 72.1. The molecule has 3 N–H and O–H groups in total. The molecule has 0 aromatic carbocycles. The highest BCUT2D eigenvalue weighted by Gasteiger charge is 2.30. The van der Waals surface area contributed by atoms with E-state index in [2.05, 4.69) is 48.5 Å². The molecule has 0 aliphatic carbocycles. The summed E-state index contributed by atoms with van der Waals surface area (Å²) >= 11 is 0. The Morgan fingerprint density at radius 2 is 0.529 bits per heavy atom. The second-order valence-electron chi connectivity index (χ2n) is 26.0. The number of phosphoric acid groups is 2. The molecule has 0 heterocycles. The Morgan fingerprint density at radius 1 is 0.310 bits per heavy atom. The number of hydrogen-bond acceptors (Lipinski definition) is 15. The summed E-state index contributed by atoms with van der Waals surface area (Å²) in [6.45, 7) is 11.7. The topological polar surface area (TPSA) is 237 Å². The summed E-state index contributed by atoms with van der Waals surface area (Å²) in [5.74, 6) is 0.128. The molecule has 0 saturated heterocycles. The minimum atomic E-state index is -4.95. The van der Waals surface area contributed by atoms with E-state index in [1.165, 1.54) is 141 Å². The highest BCUT2D eigenvalue weighted by atomic mass is 31.2. The highest BCUT2D eigenvalue weighted by Crippen LogP contribution is 2.45. The molecular formula is C68H132O17P2. The van der Waals surface area contributed by atoms with Gasteiger partial charge in [0.1, 0.15) is 19.3 Å². The average Bonchev–Trinajstić information content (AvgIpc) is 3.49. The third-order valence-electron chi connectivity index (χ3n) is 15.6. The fraction of sp³-hybridized carbons (Fsp3) is 0.941. The van der Waals surface area contributed by atoms with Gasteiger partial charge in [-0.15, -0.1) is 0 Å². The van der Waals surface area contributed by atoms with Gasteiger partial charge in [-0.25, -0.2) is 9.13 Å². The van der Waals surface area contributed by atoms with Crippen LogP contribution in [0.25, 0.3) is 0 Å². The van der Waals surface area contributed by atoms with Crippen molar-refractivity contribution in [1.82, 2.24) is 0 Å². The second kappa shape index (κ2) is 59.1. The Hall–Kier alpha value is -1.94. The van der Waals surface area contributed by atoms with E-state index >= 15 is 0 Å². The van der Waals surface area contributed by atoms with Crippen LogP contribution in [-0.2, 0) is 65.4 Å². The fourth-order valence-corrected chi connectivity index (χ4v) is 11.8. The van der Waals surface area contributed by atoms with Crippen molar-refractivity contribution in [3.63, 3.8) is 0 Å². The van der Waals surface area contributed by atoms with E-state index in [0.717, 1.165) is 108 Å². The van der Waals surface area contributed by atoms with Crippen molar-refractivity contribution in [3.05, 3.63) is 0 Å². The average molecular weight is 1280 g/mol. The van der Waals surface area contributed by atoms with Gasteiger partial charge in [0.15, 0.2) is 12.2 Å². The molecule has 0 bridgehead atoms. The van der Waals surface area contributed by atoms with Gasteiger partial charge in [0.25, 0.3) is 0 Å². The monoisotopic (exact) mass is 1280 g/mol. The molecule has 0 aliphatic rings. The lowest BCUT2D eigenvalue weighted by molar-refractivity contribution is -0.161. The number of rotatable bonds is 66. The van der Waals surface area contributed by atoms with Crippen molar-refractivity contribution in [2.75, 3.05) is 39.6 Å². The van der Waals surface area contributed by atoms with E-state index in [9.17, 15) is 43.2 Å². The van der Waals surface area contributed by atoms with Crippen LogP contribution in [0.5, 0.6) is 0 Å². The standard InChI is InChI=1S/C68H132O17P2/c1-8-9-10-32-42-49-65(70)78-55-63(84-68(73)52-45-38-31-25-28-35-41-48-61(6)7)57-82-86(74,75)80-53-62(69)54-81-87(76,77)83-58-64(56-79-66(71)50-43-36-29-23-20-16-18-22-27-34-40-47-60(4)5)85-67(72)51-44-37-30-24-19-15-13-11-12-14-17-21-26-33-39-46-59(2)3/h59-64,69H,8-58H2,1-7H3,(H,74,75)(H,76,77)/t62-,63+,64+/m0/s1. The Balaban J connectivity index is 5.16. The maximum absolute atomic E-state index is 13.0. The zero-order valence-electron chi connectivity index (χ0n) is 56.5. The Bertz CT molecular complexity index is 1720. The Morgan fingerprint density at radius 3 is 0.782 bits per heavy atom. The molecular weight excluding hydrogens is 1150 g/mol. The number of ether oxygens (including phenoxy) is 4. The summed E-state index contributed by atoms with van der Waals surface area (Å²) in [7, 11) is -9.89. The third kappa shape index (κ3) is 62.6. The number of hydrogen-bond donors (Lipinski definition) is 3. The lowest BCUT2D eigenvalue weighted by atomic mass is 10.0. The smallest absolute Gasteiger partial charge is 0.462 e. The van der Waals surface area contributed by atoms with Gasteiger partial charge < -0.3 is 33.8 Å². The predicted octanol–water partition coefficient (Wildman–Crippen LogP) is 19.1. The molecule has 0 aromatic heterocycles. The summed E-state index contributed by atoms with van der Waals surface area (Å²) in [5.41, 5.74) is 0. The normalized spacial score (nSPS) is 14.3. The first-order valence-electron chi connectivity index (χ1n) is 35.3. The van der Waals surface area contributed by atoms with Gasteiger partial charge in [-0.05, 0) is 43.4 Å². The van der Waals surface area contributed by atoms with Crippen LogP contribution in [0, 0.1) is 17.8 Å². The molecule has 0 rings (SSSR count). The summed E-state index contributed by atoms with van der Waals surface area (Å²) in [6.07, 6.45) is 42.2. The van der Waals surface area contributed by atoms with Crippen LogP contribution in [0.1, 0.15) is 337 Å². The zero-order valence-corrected chi connectivity index (χ0v) is 58.3. The minimum Gasteiger partial charge on any atom is -0.462 e. The van der Waals surface area contributed by atoms with E-state index in [1.807, 2.05) is 0 Å². The quantitative estimate of drug-likeness (QED) is 0.0222. The summed E-state index contributed by atoms with van der Waals surface area (Å²) < 4.78 is 68.0. The van der Waals surface area contributed by atoms with Gasteiger partial charge in [-0.2, -0.15) is 0 Å². The molecule has 516 valence electrons. The van der Waals surface area contributed by atoms with E-state index < -0.39 is 97.5 Å². The Kier molecular flexibility index (Phi) is 57.8. The van der Waals surface area contributed by atoms with Crippen LogP contribution >= 0.6 is 15.6 Å². The molecule has 0 fully saturated rings. The molecule has 2 unspecified atom stereocenters. The first-order valence-corrected chi connectivity index (χ1v) is 38.3. The highest BCUT2D eigenvalue weighted by molar-refractivity contribution is 7.47. The molecule has 0 amide bonds. The lowest BCUT2D eigenvalue weighted by Crippen LogP contribution is -2.30. The molecule has 0 spiro atoms. The van der Waals surface area contributed by atoms with Crippen LogP contribution in [-0.4, -0.2) is 96.7 Å². The number of unbranched alkanes of at least 4 members (excludes halogenated alkanes) is 34. The molecule has 0 saturated carbocycles. The van der Waals surface area contributed by atoms with Crippen molar-refractivity contribution in [1.29, 1.82) is 0 Å². The number of phosphoric ester groups is 2. The van der Waals surface area contributed by atoms with Gasteiger partial charge in [-0.3, -0.25) is 37.3 Å². The van der Waals surface area contributed by atoms with Crippen LogP contribution in [0.2, 0.25) is 0 Å². The van der Waals surface area contributed by atoms with Crippen molar-refractivity contribution in [3.8, 4) is 0 Å². The maximum Gasteiger partial charge on any atom is 0.472 e. The number of carbonyl (C=O) groups excluding carboxylic acids is 4. The van der Waals surface area contributed by atoms with Crippen molar-refractivity contribution in [2.45, 2.75) is 356 Å². The molecule has 5 atom stereocenters. The van der Waals surface area contributed by atoms with Crippen molar-refractivity contribution >= 4 is 39.5 Å². The van der Waals surface area contributed by atoms with Crippen LogP contribution in [0.3, 0.4) is 0 Å². The van der Waals surface area contributed by atoms with Crippen LogP contribution in [0.4, 0.5) is 0 Å². The third-order valence-corrected chi connectivity index (χ3v) is 17.5. The molecule has 0 radical (unpaired) electrons. The van der Waals surface area contributed by atoms with E-state index in [1.54, 1.807) is 0 Å². The molecule has 19 heteroatoms. The van der Waals surface area contributed by atoms with Crippen LogP contribution < -0.4 is 0 Å².